The fraction of sp³-hybridized carbons (Fsp3) is 0.267. The molecule has 5 heteroatoms. The molecule has 0 saturated carbocycles. The van der Waals surface area contributed by atoms with Crippen LogP contribution >= 0.6 is 0 Å². The monoisotopic (exact) mass is 270 g/mol. The van der Waals surface area contributed by atoms with Gasteiger partial charge in [0.2, 0.25) is 0 Å². The lowest BCUT2D eigenvalue weighted by Gasteiger charge is -2.12. The highest BCUT2D eigenvalue weighted by molar-refractivity contribution is 5.88. The Balaban J connectivity index is 2.53. The number of carbonyl (C=O) groups is 1. The molecule has 2 rings (SSSR count). The number of benzene rings is 1. The molecule has 1 heterocycles. The molecule has 5 nitrogen and oxygen atoms in total. The average Bonchev–Trinajstić information content (AvgIpc) is 2.46. The molecule has 0 aliphatic heterocycles. The van der Waals surface area contributed by atoms with Gasteiger partial charge in [-0.1, -0.05) is 26.0 Å². The number of nitrogens with zero attached hydrogens (tertiary/aromatic N) is 2. The molecule has 0 fully saturated rings. The average molecular weight is 270 g/mol. The zero-order chi connectivity index (χ0) is 14.5. The Labute approximate surface area is 117 Å². The summed E-state index contributed by atoms with van der Waals surface area (Å²) >= 11 is 0. The van der Waals surface area contributed by atoms with E-state index >= 15 is 0 Å². The highest BCUT2D eigenvalue weighted by atomic mass is 16.4. The molecule has 1 amide bonds. The molecule has 0 atom stereocenters. The molecule has 20 heavy (non-hydrogen) atoms. The third kappa shape index (κ3) is 3.12. The van der Waals surface area contributed by atoms with Gasteiger partial charge >= 0.3 is 0 Å². The first kappa shape index (κ1) is 14.0. The predicted octanol–water partition coefficient (Wildman–Crippen LogP) is 2.02. The SMILES string of the molecule is CCc1cc(CC)nc(-c2ccccc2NC(=O)[O-])n1. The number of nitrogens with one attached hydrogen (secondary N) is 1. The molecular weight excluding hydrogens is 254 g/mol. The molecule has 2 aromatic rings. The van der Waals surface area contributed by atoms with Crippen LogP contribution in [0.15, 0.2) is 30.3 Å². The topological polar surface area (TPSA) is 77.9 Å². The van der Waals surface area contributed by atoms with E-state index in [-0.39, 0.29) is 0 Å². The largest absolute Gasteiger partial charge is 0.530 e. The maximum absolute atomic E-state index is 10.7. The number of amides is 1. The molecular formula is C15H16N3O2-. The van der Waals surface area contributed by atoms with Gasteiger partial charge in [-0.2, -0.15) is 0 Å². The Morgan fingerprint density at radius 1 is 1.15 bits per heavy atom. The van der Waals surface area contributed by atoms with Crippen molar-refractivity contribution in [1.82, 2.24) is 9.97 Å². The van der Waals surface area contributed by atoms with Crippen molar-refractivity contribution in [2.24, 2.45) is 0 Å². The van der Waals surface area contributed by atoms with Crippen molar-refractivity contribution < 1.29 is 9.90 Å². The molecule has 0 radical (unpaired) electrons. The van der Waals surface area contributed by atoms with Crippen molar-refractivity contribution in [3.8, 4) is 11.4 Å². The van der Waals surface area contributed by atoms with Gasteiger partial charge in [0.15, 0.2) is 5.82 Å². The molecule has 1 aromatic heterocycles. The van der Waals surface area contributed by atoms with Gasteiger partial charge in [-0.15, -0.1) is 0 Å². The van der Waals surface area contributed by atoms with Crippen molar-refractivity contribution >= 4 is 11.8 Å². The summed E-state index contributed by atoms with van der Waals surface area (Å²) in [5, 5.41) is 13.0. The van der Waals surface area contributed by atoms with Crippen LogP contribution in [0.5, 0.6) is 0 Å². The fourth-order valence-electron chi connectivity index (χ4n) is 1.93. The van der Waals surface area contributed by atoms with E-state index in [9.17, 15) is 9.90 Å². The number of carbonyl (C=O) groups excluding carboxylic acids is 1. The summed E-state index contributed by atoms with van der Waals surface area (Å²) in [6.45, 7) is 4.05. The van der Waals surface area contributed by atoms with Crippen molar-refractivity contribution in [2.75, 3.05) is 5.32 Å². The van der Waals surface area contributed by atoms with Gasteiger partial charge in [-0.3, -0.25) is 0 Å². The second-order valence-corrected chi connectivity index (χ2v) is 4.34. The minimum absolute atomic E-state index is 0.433. The molecule has 0 aliphatic rings. The molecule has 0 unspecified atom stereocenters. The molecule has 0 bridgehead atoms. The number of carboxylic acid groups (broad SMARTS) is 1. The van der Waals surface area contributed by atoms with Crippen LogP contribution in [0.4, 0.5) is 10.5 Å². The van der Waals surface area contributed by atoms with Crippen molar-refractivity contribution in [3.05, 3.63) is 41.7 Å². The summed E-state index contributed by atoms with van der Waals surface area (Å²) in [4.78, 5) is 19.7. The standard InChI is InChI=1S/C15H17N3O2/c1-3-10-9-11(4-2)17-14(16-10)12-7-5-6-8-13(12)18-15(19)20/h5-9,18H,3-4H2,1-2H3,(H,19,20)/p-1. The summed E-state index contributed by atoms with van der Waals surface area (Å²) in [5.41, 5.74) is 2.97. The summed E-state index contributed by atoms with van der Waals surface area (Å²) in [6, 6.07) is 9.00. The number of rotatable bonds is 4. The highest BCUT2D eigenvalue weighted by Crippen LogP contribution is 2.25. The number of hydrogen-bond acceptors (Lipinski definition) is 4. The van der Waals surface area contributed by atoms with E-state index in [4.69, 9.17) is 0 Å². The van der Waals surface area contributed by atoms with Crippen molar-refractivity contribution in [3.63, 3.8) is 0 Å². The Morgan fingerprint density at radius 3 is 2.30 bits per heavy atom. The van der Waals surface area contributed by atoms with E-state index in [1.165, 1.54) is 0 Å². The quantitative estimate of drug-likeness (QED) is 0.922. The van der Waals surface area contributed by atoms with E-state index < -0.39 is 6.09 Å². The van der Waals surface area contributed by atoms with Gasteiger partial charge in [0.25, 0.3) is 0 Å². The van der Waals surface area contributed by atoms with Crippen LogP contribution in [0.1, 0.15) is 25.2 Å². The van der Waals surface area contributed by atoms with Crippen molar-refractivity contribution in [1.29, 1.82) is 0 Å². The second-order valence-electron chi connectivity index (χ2n) is 4.34. The lowest BCUT2D eigenvalue weighted by atomic mass is 10.1. The maximum Gasteiger partial charge on any atom is 0.161 e. The van der Waals surface area contributed by atoms with Crippen LogP contribution in [0.2, 0.25) is 0 Å². The van der Waals surface area contributed by atoms with Gasteiger partial charge in [0.05, 0.1) is 5.69 Å². The van der Waals surface area contributed by atoms with Crippen LogP contribution in [0.25, 0.3) is 11.4 Å². The number of para-hydroxylation sites is 1. The first-order chi connectivity index (χ1) is 9.63. The molecule has 0 spiro atoms. The first-order valence-electron chi connectivity index (χ1n) is 6.58. The lowest BCUT2D eigenvalue weighted by Crippen LogP contribution is -2.29. The first-order valence-corrected chi connectivity index (χ1v) is 6.58. The minimum atomic E-state index is -1.35. The Bertz CT molecular complexity index is 604. The summed E-state index contributed by atoms with van der Waals surface area (Å²) < 4.78 is 0. The third-order valence-electron chi connectivity index (χ3n) is 2.96. The smallest absolute Gasteiger partial charge is 0.161 e. The number of aromatic nitrogens is 2. The summed E-state index contributed by atoms with van der Waals surface area (Å²) in [5.74, 6) is 0.533. The number of aryl methyl sites for hydroxylation is 2. The van der Waals surface area contributed by atoms with E-state index in [1.807, 2.05) is 26.0 Å². The van der Waals surface area contributed by atoms with Gasteiger partial charge in [0, 0.05) is 17.0 Å². The van der Waals surface area contributed by atoms with Crippen LogP contribution < -0.4 is 10.4 Å². The molecule has 1 aromatic carbocycles. The molecule has 1 N–H and O–H groups in total. The zero-order valence-electron chi connectivity index (χ0n) is 11.5. The Morgan fingerprint density at radius 2 is 1.75 bits per heavy atom. The van der Waals surface area contributed by atoms with Gasteiger partial charge in [0.1, 0.15) is 6.09 Å². The van der Waals surface area contributed by atoms with E-state index in [2.05, 4.69) is 15.3 Å². The Hall–Kier alpha value is -2.43. The lowest BCUT2D eigenvalue weighted by molar-refractivity contribution is -0.242. The molecule has 0 aliphatic carbocycles. The highest BCUT2D eigenvalue weighted by Gasteiger charge is 2.09. The molecule has 0 saturated heterocycles. The van der Waals surface area contributed by atoms with Crippen LogP contribution in [-0.2, 0) is 12.8 Å². The molecule has 104 valence electrons. The second kappa shape index (κ2) is 6.14. The van der Waals surface area contributed by atoms with E-state index in [0.717, 1.165) is 24.2 Å². The van der Waals surface area contributed by atoms with E-state index in [0.29, 0.717) is 17.1 Å². The van der Waals surface area contributed by atoms with Crippen LogP contribution in [-0.4, -0.2) is 16.1 Å². The predicted molar refractivity (Wildman–Crippen MR) is 75.2 cm³/mol. The summed E-state index contributed by atoms with van der Waals surface area (Å²) in [7, 11) is 0. The van der Waals surface area contributed by atoms with Gasteiger partial charge in [-0.05, 0) is 31.0 Å². The maximum atomic E-state index is 10.7. The van der Waals surface area contributed by atoms with Gasteiger partial charge < -0.3 is 15.2 Å². The number of hydrogen-bond donors (Lipinski definition) is 1. The van der Waals surface area contributed by atoms with Gasteiger partial charge in [-0.25, -0.2) is 9.97 Å². The van der Waals surface area contributed by atoms with Crippen LogP contribution in [0.3, 0.4) is 0 Å². The summed E-state index contributed by atoms with van der Waals surface area (Å²) in [6.07, 6.45) is 0.261. The minimum Gasteiger partial charge on any atom is -0.530 e. The fourth-order valence-corrected chi connectivity index (χ4v) is 1.93. The van der Waals surface area contributed by atoms with Crippen LogP contribution in [0, 0.1) is 0 Å². The third-order valence-corrected chi connectivity index (χ3v) is 2.96. The Kier molecular flexibility index (Phi) is 4.30. The van der Waals surface area contributed by atoms with Crippen molar-refractivity contribution in [2.45, 2.75) is 26.7 Å². The zero-order valence-corrected chi connectivity index (χ0v) is 11.5. The normalized spacial score (nSPS) is 10.3. The van der Waals surface area contributed by atoms with E-state index in [1.54, 1.807) is 18.2 Å². The number of anilines is 1.